The van der Waals surface area contributed by atoms with Crippen molar-refractivity contribution in [3.8, 4) is 22.8 Å². The molecule has 0 aliphatic heterocycles. The Bertz CT molecular complexity index is 1100. The van der Waals surface area contributed by atoms with Crippen LogP contribution in [-0.2, 0) is 11.2 Å². The van der Waals surface area contributed by atoms with Gasteiger partial charge >= 0.3 is 5.97 Å². The zero-order valence-electron chi connectivity index (χ0n) is 14.3. The molecule has 0 radical (unpaired) electrons. The van der Waals surface area contributed by atoms with E-state index in [2.05, 4.69) is 20.9 Å². The molecule has 0 saturated carbocycles. The van der Waals surface area contributed by atoms with Crippen molar-refractivity contribution in [2.75, 3.05) is 0 Å². The van der Waals surface area contributed by atoms with E-state index in [1.54, 1.807) is 0 Å². The lowest BCUT2D eigenvalue weighted by atomic mass is 10.0. The van der Waals surface area contributed by atoms with Crippen molar-refractivity contribution < 1.29 is 14.6 Å². The number of hydrogen-bond donors (Lipinski definition) is 2. The van der Waals surface area contributed by atoms with Gasteiger partial charge in [-0.15, -0.1) is 0 Å². The summed E-state index contributed by atoms with van der Waals surface area (Å²) in [6, 6.07) is 23.0. The van der Waals surface area contributed by atoms with Crippen LogP contribution in [0.3, 0.4) is 0 Å². The van der Waals surface area contributed by atoms with Crippen LogP contribution in [0.1, 0.15) is 5.56 Å². The zero-order chi connectivity index (χ0) is 18.8. The number of aromatic nitrogens is 1. The van der Waals surface area contributed by atoms with Gasteiger partial charge in [-0.05, 0) is 53.6 Å². The average molecular weight is 422 g/mol. The maximum absolute atomic E-state index is 11.5. The van der Waals surface area contributed by atoms with Crippen LogP contribution in [0.2, 0.25) is 0 Å². The molecule has 0 atom stereocenters. The minimum absolute atomic E-state index is 0.0693. The summed E-state index contributed by atoms with van der Waals surface area (Å²) in [5.41, 5.74) is 3.39. The number of H-pyrrole nitrogens is 1. The molecule has 0 bridgehead atoms. The maximum Gasteiger partial charge on any atom is 0.307 e. The van der Waals surface area contributed by atoms with E-state index in [1.165, 1.54) is 0 Å². The molecule has 0 aliphatic rings. The van der Waals surface area contributed by atoms with Gasteiger partial charge in [0.25, 0.3) is 0 Å². The molecular formula is C22H16BrNO3. The van der Waals surface area contributed by atoms with Crippen LogP contribution in [0.4, 0.5) is 0 Å². The predicted octanol–water partition coefficient (Wildman–Crippen LogP) is 6.02. The molecule has 3 aromatic carbocycles. The van der Waals surface area contributed by atoms with Gasteiger partial charge in [-0.2, -0.15) is 0 Å². The Hall–Kier alpha value is -3.05. The standard InChI is InChI=1S/C22H16BrNO3/c23-15-8-6-14(7-9-15)22-19(13-21(25)26)18-12-17(10-11-20(18)24-22)27-16-4-2-1-3-5-16/h1-12,24H,13H2,(H,25,26). The van der Waals surface area contributed by atoms with Crippen molar-refractivity contribution in [2.24, 2.45) is 0 Å². The maximum atomic E-state index is 11.5. The Kier molecular flexibility index (Phi) is 4.69. The van der Waals surface area contributed by atoms with E-state index in [0.29, 0.717) is 5.75 Å². The van der Waals surface area contributed by atoms with Gasteiger partial charge < -0.3 is 14.8 Å². The molecule has 0 fully saturated rings. The fraction of sp³-hybridized carbons (Fsp3) is 0.0455. The van der Waals surface area contributed by atoms with Crippen molar-refractivity contribution in [3.63, 3.8) is 0 Å². The van der Waals surface area contributed by atoms with Crippen molar-refractivity contribution >= 4 is 32.8 Å². The first-order chi connectivity index (χ1) is 13.1. The molecule has 4 rings (SSSR count). The second kappa shape index (κ2) is 7.29. The number of aliphatic carboxylic acids is 1. The van der Waals surface area contributed by atoms with E-state index in [-0.39, 0.29) is 6.42 Å². The summed E-state index contributed by atoms with van der Waals surface area (Å²) in [7, 11) is 0. The molecule has 0 spiro atoms. The second-order valence-corrected chi connectivity index (χ2v) is 7.09. The van der Waals surface area contributed by atoms with Crippen LogP contribution in [0, 0.1) is 0 Å². The lowest BCUT2D eigenvalue weighted by Crippen LogP contribution is -2.01. The molecular weight excluding hydrogens is 406 g/mol. The van der Waals surface area contributed by atoms with E-state index in [1.807, 2.05) is 72.8 Å². The highest BCUT2D eigenvalue weighted by Gasteiger charge is 2.16. The first-order valence-corrected chi connectivity index (χ1v) is 9.25. The molecule has 5 heteroatoms. The number of carboxylic acid groups (broad SMARTS) is 1. The topological polar surface area (TPSA) is 62.3 Å². The number of benzene rings is 3. The molecule has 0 unspecified atom stereocenters. The lowest BCUT2D eigenvalue weighted by Gasteiger charge is -2.06. The smallest absolute Gasteiger partial charge is 0.307 e. The van der Waals surface area contributed by atoms with Crippen molar-refractivity contribution in [2.45, 2.75) is 6.42 Å². The van der Waals surface area contributed by atoms with Gasteiger partial charge in [0.1, 0.15) is 11.5 Å². The summed E-state index contributed by atoms with van der Waals surface area (Å²) < 4.78 is 6.88. The number of carbonyl (C=O) groups is 1. The minimum atomic E-state index is -0.872. The lowest BCUT2D eigenvalue weighted by molar-refractivity contribution is -0.136. The summed E-state index contributed by atoms with van der Waals surface area (Å²) in [5, 5.41) is 10.3. The van der Waals surface area contributed by atoms with Gasteiger partial charge in [0.15, 0.2) is 0 Å². The number of ether oxygens (including phenoxy) is 1. The first-order valence-electron chi connectivity index (χ1n) is 8.45. The number of rotatable bonds is 5. The summed E-state index contributed by atoms with van der Waals surface area (Å²) in [6.45, 7) is 0. The third-order valence-electron chi connectivity index (χ3n) is 4.32. The first kappa shape index (κ1) is 17.4. The molecule has 1 aromatic heterocycles. The average Bonchev–Trinajstić information content (AvgIpc) is 3.01. The molecule has 4 nitrogen and oxygen atoms in total. The van der Waals surface area contributed by atoms with Gasteiger partial charge in [0.05, 0.1) is 12.1 Å². The highest BCUT2D eigenvalue weighted by atomic mass is 79.9. The van der Waals surface area contributed by atoms with Gasteiger partial charge in [-0.25, -0.2) is 0 Å². The van der Waals surface area contributed by atoms with Gasteiger partial charge in [0.2, 0.25) is 0 Å². The van der Waals surface area contributed by atoms with Gasteiger partial charge in [-0.1, -0.05) is 46.3 Å². The van der Waals surface area contributed by atoms with Crippen LogP contribution < -0.4 is 4.74 Å². The van der Waals surface area contributed by atoms with E-state index >= 15 is 0 Å². The molecule has 134 valence electrons. The number of aromatic amines is 1. The third-order valence-corrected chi connectivity index (χ3v) is 4.85. The Balaban J connectivity index is 1.81. The number of para-hydroxylation sites is 1. The Morgan fingerprint density at radius 1 is 0.963 bits per heavy atom. The molecule has 1 heterocycles. The molecule has 0 amide bonds. The Labute approximate surface area is 164 Å². The third kappa shape index (κ3) is 3.73. The van der Waals surface area contributed by atoms with E-state index in [0.717, 1.165) is 37.9 Å². The molecule has 0 saturated heterocycles. The molecule has 2 N–H and O–H groups in total. The van der Waals surface area contributed by atoms with Crippen LogP contribution in [-0.4, -0.2) is 16.1 Å². The van der Waals surface area contributed by atoms with Crippen molar-refractivity contribution in [3.05, 3.63) is 82.8 Å². The second-order valence-electron chi connectivity index (χ2n) is 6.18. The normalized spacial score (nSPS) is 10.9. The van der Waals surface area contributed by atoms with Crippen LogP contribution in [0.15, 0.2) is 77.3 Å². The van der Waals surface area contributed by atoms with Crippen LogP contribution >= 0.6 is 15.9 Å². The van der Waals surface area contributed by atoms with E-state index in [4.69, 9.17) is 4.74 Å². The quantitative estimate of drug-likeness (QED) is 0.414. The van der Waals surface area contributed by atoms with Crippen LogP contribution in [0.25, 0.3) is 22.2 Å². The molecule has 4 aromatic rings. The summed E-state index contributed by atoms with van der Waals surface area (Å²) in [5.74, 6) is 0.533. The SMILES string of the molecule is O=C(O)Cc1c(-c2ccc(Br)cc2)[nH]c2ccc(Oc3ccccc3)cc12. The van der Waals surface area contributed by atoms with Gasteiger partial charge in [0, 0.05) is 15.4 Å². The van der Waals surface area contributed by atoms with E-state index in [9.17, 15) is 9.90 Å². The van der Waals surface area contributed by atoms with E-state index < -0.39 is 5.97 Å². The molecule has 0 aliphatic carbocycles. The summed E-state index contributed by atoms with van der Waals surface area (Å²) in [4.78, 5) is 14.8. The number of nitrogens with one attached hydrogen (secondary N) is 1. The monoisotopic (exact) mass is 421 g/mol. The Morgan fingerprint density at radius 2 is 1.70 bits per heavy atom. The van der Waals surface area contributed by atoms with Crippen molar-refractivity contribution in [1.29, 1.82) is 0 Å². The zero-order valence-corrected chi connectivity index (χ0v) is 15.9. The highest BCUT2D eigenvalue weighted by Crippen LogP contribution is 2.34. The fourth-order valence-electron chi connectivity index (χ4n) is 3.11. The Morgan fingerprint density at radius 3 is 2.41 bits per heavy atom. The number of hydrogen-bond acceptors (Lipinski definition) is 2. The minimum Gasteiger partial charge on any atom is -0.481 e. The number of fused-ring (bicyclic) bond motifs is 1. The summed E-state index contributed by atoms with van der Waals surface area (Å²) >= 11 is 3.43. The fourth-order valence-corrected chi connectivity index (χ4v) is 3.38. The number of halogens is 1. The van der Waals surface area contributed by atoms with Crippen molar-refractivity contribution in [1.82, 2.24) is 4.98 Å². The highest BCUT2D eigenvalue weighted by molar-refractivity contribution is 9.10. The predicted molar refractivity (Wildman–Crippen MR) is 109 cm³/mol. The summed E-state index contributed by atoms with van der Waals surface area (Å²) in [6.07, 6.45) is -0.0693. The van der Waals surface area contributed by atoms with Gasteiger partial charge in [-0.3, -0.25) is 4.79 Å². The number of carboxylic acids is 1. The van der Waals surface area contributed by atoms with Crippen LogP contribution in [0.5, 0.6) is 11.5 Å². The largest absolute Gasteiger partial charge is 0.481 e. The molecule has 27 heavy (non-hydrogen) atoms.